The lowest BCUT2D eigenvalue weighted by molar-refractivity contribution is -0.138. The molecule has 0 amide bonds. The molecule has 0 bridgehead atoms. The molecule has 0 fully saturated rings. The van der Waals surface area contributed by atoms with Crippen molar-refractivity contribution >= 4 is 5.97 Å². The van der Waals surface area contributed by atoms with Crippen LogP contribution in [0.2, 0.25) is 0 Å². The van der Waals surface area contributed by atoms with Crippen LogP contribution in [-0.4, -0.2) is 27.3 Å². The van der Waals surface area contributed by atoms with Gasteiger partial charge in [0.05, 0.1) is 5.48 Å². The number of carboxylic acids is 1. The number of rotatable bonds is 3. The first-order valence-electron chi connectivity index (χ1n) is 6.41. The van der Waals surface area contributed by atoms with Crippen LogP contribution < -0.4 is 5.73 Å². The summed E-state index contributed by atoms with van der Waals surface area (Å²) in [6.07, 6.45) is -3.26. The predicted molar refractivity (Wildman–Crippen MR) is 49.1 cm³/mol. The van der Waals surface area contributed by atoms with Crippen molar-refractivity contribution in [2.24, 2.45) is 5.73 Å². The number of aliphatic carboxylic acids is 1. The molecule has 0 aromatic heterocycles. The number of carboxylic acid groups (broad SMARTS) is 1. The van der Waals surface area contributed by atoms with Gasteiger partial charge in [0.15, 0.2) is 11.5 Å². The standard InChI is InChI=1S/C9H11NO4/c10-6(9(13)14)3-5-1-2-7(11)8(12)4-5/h1-2,4,6,11-12H,3,10H2,(H,13,14)/t6-/m1/s1/i1D,2D,3+1D2,4D,6+1D. The Morgan fingerprint density at radius 3 is 2.86 bits per heavy atom. The van der Waals surface area contributed by atoms with Crippen LogP contribution in [0.4, 0.5) is 0 Å². The van der Waals surface area contributed by atoms with E-state index in [1.807, 2.05) is 0 Å². The molecule has 1 aromatic rings. The number of phenols is 2. The van der Waals surface area contributed by atoms with Gasteiger partial charge in [0.1, 0.15) is 6.02 Å². The molecule has 5 nitrogen and oxygen atoms in total. The van der Waals surface area contributed by atoms with Gasteiger partial charge in [-0.15, -0.1) is 0 Å². The van der Waals surface area contributed by atoms with Crippen LogP contribution in [0.25, 0.3) is 0 Å². The second kappa shape index (κ2) is 3.97. The van der Waals surface area contributed by atoms with E-state index in [9.17, 15) is 15.0 Å². The zero-order chi connectivity index (χ0) is 16.0. The van der Waals surface area contributed by atoms with Crippen molar-refractivity contribution < 1.29 is 28.3 Å². The molecule has 5 heteroatoms. The molecule has 0 saturated heterocycles. The van der Waals surface area contributed by atoms with Crippen LogP contribution in [-0.2, 0) is 11.2 Å². The lowest BCUT2D eigenvalue weighted by Crippen LogP contribution is -2.32. The molecule has 0 spiro atoms. The summed E-state index contributed by atoms with van der Waals surface area (Å²) in [5.74, 6) is -4.35. The summed E-state index contributed by atoms with van der Waals surface area (Å²) >= 11 is 0. The van der Waals surface area contributed by atoms with Gasteiger partial charge in [-0.1, -0.05) is 6.04 Å². The zero-order valence-corrected chi connectivity index (χ0v) is 6.83. The summed E-state index contributed by atoms with van der Waals surface area (Å²) in [5.41, 5.74) is 4.01. The van der Waals surface area contributed by atoms with E-state index in [4.69, 9.17) is 19.1 Å². The quantitative estimate of drug-likeness (QED) is 0.412. The number of phenolic OH excluding ortho intramolecular Hbond substituents is 2. The normalized spacial score (nSPS) is 21.8. The van der Waals surface area contributed by atoms with Gasteiger partial charge >= 0.3 is 5.97 Å². The molecule has 0 aliphatic carbocycles. The number of nitrogens with two attached hydrogens (primary N) is 1. The Hall–Kier alpha value is -1.75. The van der Waals surface area contributed by atoms with Gasteiger partial charge in [0.2, 0.25) is 0 Å². The van der Waals surface area contributed by atoms with Crippen LogP contribution in [0.5, 0.6) is 11.5 Å². The van der Waals surface area contributed by atoms with E-state index in [1.165, 1.54) is 0 Å². The number of benzene rings is 1. The van der Waals surface area contributed by atoms with E-state index in [0.717, 1.165) is 0 Å². The van der Waals surface area contributed by atoms with Crippen LogP contribution in [0.3, 0.4) is 0 Å². The minimum Gasteiger partial charge on any atom is -0.504 e. The molecule has 76 valence electrons. The highest BCUT2D eigenvalue weighted by Gasteiger charge is 2.12. The monoisotopic (exact) mass is 205 g/mol. The molecule has 0 saturated carbocycles. The van der Waals surface area contributed by atoms with E-state index >= 15 is 0 Å². The van der Waals surface area contributed by atoms with Gasteiger partial charge < -0.3 is 21.1 Å². The average molecular weight is 205 g/mol. The largest absolute Gasteiger partial charge is 0.504 e. The summed E-state index contributed by atoms with van der Waals surface area (Å²) < 4.78 is 44.8. The van der Waals surface area contributed by atoms with Gasteiger partial charge in [0.25, 0.3) is 0 Å². The molecule has 1 atom stereocenters. The van der Waals surface area contributed by atoms with Crippen LogP contribution in [0.1, 0.15) is 13.8 Å². The topological polar surface area (TPSA) is 104 Å². The zero-order valence-electron chi connectivity index (χ0n) is 12.8. The third-order valence-electron chi connectivity index (χ3n) is 1.26. The molecule has 0 unspecified atom stereocenters. The first-order valence-corrected chi connectivity index (χ1v) is 3.41. The highest BCUT2D eigenvalue weighted by atomic mass is 16.4. The van der Waals surface area contributed by atoms with Crippen LogP contribution in [0, 0.1) is 0 Å². The SMILES string of the molecule is [2H]c1c([2H])c([13C]([2H])([2H])[13C@@]([2H])(N)C(=O)O)c([2H])c(O)c1O. The van der Waals surface area contributed by atoms with Crippen LogP contribution >= 0.6 is 0 Å². The second-order valence-electron chi connectivity index (χ2n) is 2.29. The second-order valence-corrected chi connectivity index (χ2v) is 2.29. The van der Waals surface area contributed by atoms with Gasteiger partial charge in [-0.05, 0) is 24.0 Å². The molecule has 0 aliphatic heterocycles. The Labute approximate surface area is 88.8 Å². The molecule has 0 radical (unpaired) electrons. The number of carbonyl (C=O) groups is 1. The molecular formula is C9H11NO4. The van der Waals surface area contributed by atoms with Crippen molar-refractivity contribution in [1.29, 1.82) is 0 Å². The van der Waals surface area contributed by atoms with Crippen molar-refractivity contribution in [2.75, 3.05) is 0 Å². The molecule has 0 aliphatic rings. The van der Waals surface area contributed by atoms with Crippen molar-refractivity contribution in [2.45, 2.75) is 12.4 Å². The van der Waals surface area contributed by atoms with Crippen molar-refractivity contribution in [3.8, 4) is 11.5 Å². The van der Waals surface area contributed by atoms with E-state index in [0.29, 0.717) is 0 Å². The fourth-order valence-corrected chi connectivity index (χ4v) is 0.640. The third kappa shape index (κ3) is 2.37. The highest BCUT2D eigenvalue weighted by Crippen LogP contribution is 2.25. The number of aromatic hydroxyl groups is 2. The lowest BCUT2D eigenvalue weighted by atomic mass is 10.2. The van der Waals surface area contributed by atoms with Gasteiger partial charge in [0, 0.05) is 2.74 Å². The number of hydrogen-bond acceptors (Lipinski definition) is 4. The maximum atomic E-state index is 10.9. The Balaban J connectivity index is 3.76. The third-order valence-corrected chi connectivity index (χ3v) is 1.26. The molecule has 14 heavy (non-hydrogen) atoms. The minimum atomic E-state index is -3.26. The summed E-state index contributed by atoms with van der Waals surface area (Å²) in [5, 5.41) is 27.5. The first kappa shape index (κ1) is 4.65. The first-order chi connectivity index (χ1) is 8.87. The molecular weight excluding hydrogens is 188 g/mol. The summed E-state index contributed by atoms with van der Waals surface area (Å²) in [6.45, 7) is 0. The predicted octanol–water partition coefficient (Wildman–Crippen LogP) is 0.0522. The molecule has 0 heterocycles. The van der Waals surface area contributed by atoms with E-state index < -0.39 is 53.5 Å². The van der Waals surface area contributed by atoms with E-state index in [1.54, 1.807) is 0 Å². The molecule has 1 aromatic carbocycles. The Bertz CT molecular complexity index is 559. The minimum absolute atomic E-state index is 1.00. The fraction of sp³-hybridized carbons (Fsp3) is 0.222. The highest BCUT2D eigenvalue weighted by molar-refractivity contribution is 5.73. The van der Waals surface area contributed by atoms with Gasteiger partial charge in [-0.3, -0.25) is 4.79 Å². The summed E-state index contributed by atoms with van der Waals surface area (Å²) in [6, 6.07) is -6.39. The lowest BCUT2D eigenvalue weighted by Gasteiger charge is -2.06. The molecule has 5 N–H and O–H groups in total. The van der Waals surface area contributed by atoms with Gasteiger partial charge in [-0.25, -0.2) is 0 Å². The maximum absolute atomic E-state index is 10.9. The summed E-state index contributed by atoms with van der Waals surface area (Å²) in [7, 11) is 0. The molecule has 1 rings (SSSR count). The maximum Gasteiger partial charge on any atom is 0.320 e. The van der Waals surface area contributed by atoms with Crippen molar-refractivity contribution in [3.05, 3.63) is 23.7 Å². The van der Waals surface area contributed by atoms with E-state index in [2.05, 4.69) is 0 Å². The van der Waals surface area contributed by atoms with Crippen molar-refractivity contribution in [3.63, 3.8) is 0 Å². The smallest absolute Gasteiger partial charge is 0.320 e. The van der Waals surface area contributed by atoms with Crippen LogP contribution in [0.15, 0.2) is 18.1 Å². The fourth-order valence-electron chi connectivity index (χ4n) is 0.640. The van der Waals surface area contributed by atoms with E-state index in [-0.39, 0.29) is 0 Å². The Morgan fingerprint density at radius 1 is 1.64 bits per heavy atom. The number of hydrogen-bond donors (Lipinski definition) is 4. The Kier molecular flexibility index (Phi) is 1.32. The van der Waals surface area contributed by atoms with Gasteiger partial charge in [-0.2, -0.15) is 0 Å². The van der Waals surface area contributed by atoms with Crippen molar-refractivity contribution in [1.82, 2.24) is 0 Å². The summed E-state index contributed by atoms with van der Waals surface area (Å²) in [4.78, 5) is 10.9. The average Bonchev–Trinajstić information content (AvgIpc) is 2.33. The Morgan fingerprint density at radius 2 is 2.29 bits per heavy atom.